The van der Waals surface area contributed by atoms with Crippen molar-refractivity contribution in [3.63, 3.8) is 0 Å². The zero-order chi connectivity index (χ0) is 10.4. The summed E-state index contributed by atoms with van der Waals surface area (Å²) in [6.45, 7) is 6.11. The van der Waals surface area contributed by atoms with E-state index in [0.29, 0.717) is 0 Å². The van der Waals surface area contributed by atoms with Gasteiger partial charge in [0.1, 0.15) is 11.3 Å². The summed E-state index contributed by atoms with van der Waals surface area (Å²) in [5.74, 6) is -0.389. The second-order valence-electron chi connectivity index (χ2n) is 4.15. The molecule has 0 atom stereocenters. The third kappa shape index (κ3) is 1.39. The Morgan fingerprint density at radius 2 is 1.85 bits per heavy atom. The maximum atomic E-state index is 11.3. The summed E-state index contributed by atoms with van der Waals surface area (Å²) in [4.78, 5) is 23.7. The van der Waals surface area contributed by atoms with Gasteiger partial charge in [-0.25, -0.2) is 4.79 Å². The molecule has 0 unspecified atom stereocenters. The highest BCUT2D eigenvalue weighted by Gasteiger charge is 2.51. The Kier molecular flexibility index (Phi) is 1.88. The second kappa shape index (κ2) is 2.45. The SMILES string of the molecule is CC(C)(O)N1C(=O)NC(=O)C1(C)C. The van der Waals surface area contributed by atoms with Crippen LogP contribution in [0.4, 0.5) is 4.79 Å². The third-order valence-corrected chi connectivity index (χ3v) is 2.09. The van der Waals surface area contributed by atoms with Crippen LogP contribution in [0.5, 0.6) is 0 Å². The molecule has 0 saturated carbocycles. The minimum Gasteiger partial charge on any atom is -0.371 e. The second-order valence-corrected chi connectivity index (χ2v) is 4.15. The van der Waals surface area contributed by atoms with E-state index in [1.807, 2.05) is 0 Å². The van der Waals surface area contributed by atoms with Crippen LogP contribution in [-0.4, -0.2) is 33.2 Å². The molecule has 5 heteroatoms. The van der Waals surface area contributed by atoms with E-state index in [1.165, 1.54) is 13.8 Å². The van der Waals surface area contributed by atoms with Crippen LogP contribution in [0.2, 0.25) is 0 Å². The molecule has 1 heterocycles. The van der Waals surface area contributed by atoms with Gasteiger partial charge in [0.15, 0.2) is 0 Å². The monoisotopic (exact) mass is 186 g/mol. The lowest BCUT2D eigenvalue weighted by Crippen LogP contribution is -2.55. The van der Waals surface area contributed by atoms with Crippen molar-refractivity contribution in [3.8, 4) is 0 Å². The van der Waals surface area contributed by atoms with E-state index in [2.05, 4.69) is 5.32 Å². The molecule has 1 aliphatic rings. The molecule has 1 saturated heterocycles. The lowest BCUT2D eigenvalue weighted by atomic mass is 10.0. The van der Waals surface area contributed by atoms with Gasteiger partial charge in [-0.3, -0.25) is 15.0 Å². The number of amides is 3. The van der Waals surface area contributed by atoms with E-state index in [-0.39, 0.29) is 5.91 Å². The van der Waals surface area contributed by atoms with Crippen LogP contribution >= 0.6 is 0 Å². The molecule has 2 N–H and O–H groups in total. The van der Waals surface area contributed by atoms with Crippen LogP contribution in [0.25, 0.3) is 0 Å². The molecular formula is C8H14N2O3. The number of carbonyl (C=O) groups excluding carboxylic acids is 2. The van der Waals surface area contributed by atoms with Crippen LogP contribution in [0.15, 0.2) is 0 Å². The van der Waals surface area contributed by atoms with E-state index in [1.54, 1.807) is 13.8 Å². The minimum atomic E-state index is -1.33. The van der Waals surface area contributed by atoms with Gasteiger partial charge in [0.2, 0.25) is 0 Å². The van der Waals surface area contributed by atoms with E-state index in [0.717, 1.165) is 4.90 Å². The normalized spacial score (nSPS) is 22.1. The third-order valence-electron chi connectivity index (χ3n) is 2.09. The number of nitrogens with one attached hydrogen (secondary N) is 1. The van der Waals surface area contributed by atoms with Crippen molar-refractivity contribution in [1.82, 2.24) is 10.2 Å². The highest BCUT2D eigenvalue weighted by atomic mass is 16.3. The first-order valence-electron chi connectivity index (χ1n) is 4.05. The van der Waals surface area contributed by atoms with Gasteiger partial charge in [0.05, 0.1) is 0 Å². The van der Waals surface area contributed by atoms with Gasteiger partial charge in [-0.1, -0.05) is 0 Å². The predicted octanol–water partition coefficient (Wildman–Crippen LogP) is 0.0452. The maximum absolute atomic E-state index is 11.3. The molecule has 5 nitrogen and oxygen atoms in total. The topological polar surface area (TPSA) is 69.6 Å². The van der Waals surface area contributed by atoms with Gasteiger partial charge in [-0.2, -0.15) is 0 Å². The molecule has 13 heavy (non-hydrogen) atoms. The first kappa shape index (κ1) is 9.98. The Morgan fingerprint density at radius 3 is 2.00 bits per heavy atom. The molecule has 0 aromatic carbocycles. The molecular weight excluding hydrogens is 172 g/mol. The molecule has 1 aliphatic heterocycles. The fourth-order valence-corrected chi connectivity index (χ4v) is 1.59. The molecule has 3 amide bonds. The molecule has 1 rings (SSSR count). The molecule has 74 valence electrons. The molecule has 0 aromatic heterocycles. The highest BCUT2D eigenvalue weighted by molar-refractivity contribution is 6.06. The average Bonchev–Trinajstić information content (AvgIpc) is 1.99. The maximum Gasteiger partial charge on any atom is 0.327 e. The average molecular weight is 186 g/mol. The van der Waals surface area contributed by atoms with Crippen LogP contribution in [0, 0.1) is 0 Å². The fourth-order valence-electron chi connectivity index (χ4n) is 1.59. The number of imide groups is 1. The van der Waals surface area contributed by atoms with Crippen molar-refractivity contribution in [1.29, 1.82) is 0 Å². The van der Waals surface area contributed by atoms with E-state index in [9.17, 15) is 14.7 Å². The lowest BCUT2D eigenvalue weighted by molar-refractivity contribution is -0.134. The Hall–Kier alpha value is -1.10. The number of nitrogens with zero attached hydrogens (tertiary/aromatic N) is 1. The zero-order valence-corrected chi connectivity index (χ0v) is 8.21. The molecule has 1 fully saturated rings. The first-order chi connectivity index (χ1) is 5.67. The van der Waals surface area contributed by atoms with Gasteiger partial charge in [0, 0.05) is 0 Å². The number of carbonyl (C=O) groups is 2. The van der Waals surface area contributed by atoms with Gasteiger partial charge in [-0.05, 0) is 27.7 Å². The highest BCUT2D eigenvalue weighted by Crippen LogP contribution is 2.27. The van der Waals surface area contributed by atoms with E-state index in [4.69, 9.17) is 0 Å². The van der Waals surface area contributed by atoms with Crippen LogP contribution in [-0.2, 0) is 4.79 Å². The smallest absolute Gasteiger partial charge is 0.327 e. The van der Waals surface area contributed by atoms with Crippen molar-refractivity contribution >= 4 is 11.9 Å². The first-order valence-corrected chi connectivity index (χ1v) is 4.05. The van der Waals surface area contributed by atoms with Gasteiger partial charge >= 0.3 is 6.03 Å². The molecule has 0 aliphatic carbocycles. The number of hydrogen-bond donors (Lipinski definition) is 2. The summed E-state index contributed by atoms with van der Waals surface area (Å²) in [5.41, 5.74) is -2.32. The Labute approximate surface area is 76.7 Å². The van der Waals surface area contributed by atoms with E-state index < -0.39 is 17.3 Å². The van der Waals surface area contributed by atoms with Crippen LogP contribution in [0.3, 0.4) is 0 Å². The molecule has 0 aromatic rings. The zero-order valence-electron chi connectivity index (χ0n) is 8.21. The van der Waals surface area contributed by atoms with Crippen molar-refractivity contribution in [2.24, 2.45) is 0 Å². The van der Waals surface area contributed by atoms with Crippen molar-refractivity contribution < 1.29 is 14.7 Å². The summed E-state index contributed by atoms with van der Waals surface area (Å²) in [6.07, 6.45) is 0. The van der Waals surface area contributed by atoms with Gasteiger partial charge < -0.3 is 5.11 Å². The Morgan fingerprint density at radius 1 is 1.38 bits per heavy atom. The quantitative estimate of drug-likeness (QED) is 0.568. The van der Waals surface area contributed by atoms with Crippen molar-refractivity contribution in [2.75, 3.05) is 0 Å². The van der Waals surface area contributed by atoms with Gasteiger partial charge in [0.25, 0.3) is 5.91 Å². The summed E-state index contributed by atoms with van der Waals surface area (Å²) in [7, 11) is 0. The van der Waals surface area contributed by atoms with Crippen LogP contribution < -0.4 is 5.32 Å². The van der Waals surface area contributed by atoms with Crippen LogP contribution in [0.1, 0.15) is 27.7 Å². The molecule has 0 spiro atoms. The van der Waals surface area contributed by atoms with E-state index >= 15 is 0 Å². The summed E-state index contributed by atoms with van der Waals surface area (Å²) in [6, 6.07) is -0.553. The van der Waals surface area contributed by atoms with Crippen molar-refractivity contribution in [3.05, 3.63) is 0 Å². The lowest BCUT2D eigenvalue weighted by Gasteiger charge is -2.37. The molecule has 0 bridgehead atoms. The largest absolute Gasteiger partial charge is 0.371 e. The number of aliphatic hydroxyl groups is 1. The Bertz CT molecular complexity index is 265. The minimum absolute atomic E-state index is 0.389. The summed E-state index contributed by atoms with van der Waals surface area (Å²) >= 11 is 0. The number of rotatable bonds is 1. The predicted molar refractivity (Wildman–Crippen MR) is 45.8 cm³/mol. The standard InChI is InChI=1S/C8H14N2O3/c1-7(2)5(11)9-6(12)10(7)8(3,4)13/h13H,1-4H3,(H,9,11,12). The van der Waals surface area contributed by atoms with Crippen molar-refractivity contribution in [2.45, 2.75) is 39.0 Å². The van der Waals surface area contributed by atoms with Gasteiger partial charge in [-0.15, -0.1) is 0 Å². The number of urea groups is 1. The molecule has 0 radical (unpaired) electrons. The summed E-state index contributed by atoms with van der Waals surface area (Å²) in [5, 5.41) is 11.8. The summed E-state index contributed by atoms with van der Waals surface area (Å²) < 4.78 is 0. The number of hydrogen-bond acceptors (Lipinski definition) is 3. The fraction of sp³-hybridized carbons (Fsp3) is 0.750. The Balaban J connectivity index is 3.10.